The van der Waals surface area contributed by atoms with Crippen LogP contribution in [0.25, 0.3) is 10.7 Å². The summed E-state index contributed by atoms with van der Waals surface area (Å²) in [5.41, 5.74) is 5.35. The summed E-state index contributed by atoms with van der Waals surface area (Å²) in [6, 6.07) is 3.64. The number of rotatable bonds is 1. The fourth-order valence-corrected chi connectivity index (χ4v) is 1.81. The number of nitrogens with two attached hydrogens (primary N) is 1. The van der Waals surface area contributed by atoms with Gasteiger partial charge in [0.2, 0.25) is 0 Å². The van der Waals surface area contributed by atoms with Gasteiger partial charge in [-0.3, -0.25) is 0 Å². The number of hydrogen-bond acceptors (Lipinski definition) is 5. The SMILES string of the molecule is Nc1cnc(-c2ccc(Cl)s2)nn1. The summed E-state index contributed by atoms with van der Waals surface area (Å²) < 4.78 is 0.704. The third-order valence-corrected chi connectivity index (χ3v) is 2.60. The molecule has 0 aromatic carbocycles. The molecule has 0 aliphatic heterocycles. The number of nitrogens with zero attached hydrogens (tertiary/aromatic N) is 3. The quantitative estimate of drug-likeness (QED) is 0.784. The Morgan fingerprint density at radius 3 is 2.69 bits per heavy atom. The summed E-state index contributed by atoms with van der Waals surface area (Å²) in [6.07, 6.45) is 1.47. The van der Waals surface area contributed by atoms with E-state index >= 15 is 0 Å². The van der Waals surface area contributed by atoms with E-state index in [1.165, 1.54) is 17.5 Å². The van der Waals surface area contributed by atoms with Crippen LogP contribution in [0.2, 0.25) is 4.34 Å². The minimum atomic E-state index is 0.311. The summed E-state index contributed by atoms with van der Waals surface area (Å²) in [5.74, 6) is 0.859. The topological polar surface area (TPSA) is 64.7 Å². The van der Waals surface area contributed by atoms with Gasteiger partial charge in [-0.1, -0.05) is 11.6 Å². The molecule has 0 atom stereocenters. The molecular weight excluding hydrogens is 208 g/mol. The Balaban J connectivity index is 2.41. The maximum absolute atomic E-state index is 5.76. The van der Waals surface area contributed by atoms with Gasteiger partial charge in [-0.05, 0) is 12.1 Å². The third-order valence-electron chi connectivity index (χ3n) is 1.37. The monoisotopic (exact) mass is 212 g/mol. The van der Waals surface area contributed by atoms with Crippen molar-refractivity contribution in [3.05, 3.63) is 22.7 Å². The van der Waals surface area contributed by atoms with Crippen LogP contribution in [-0.2, 0) is 0 Å². The Kier molecular flexibility index (Phi) is 2.12. The minimum Gasteiger partial charge on any atom is -0.381 e. The first kappa shape index (κ1) is 8.40. The fourth-order valence-electron chi connectivity index (χ4n) is 0.831. The van der Waals surface area contributed by atoms with E-state index in [1.807, 2.05) is 6.07 Å². The summed E-state index contributed by atoms with van der Waals surface area (Å²) in [5, 5.41) is 7.52. The Morgan fingerprint density at radius 1 is 1.31 bits per heavy atom. The lowest BCUT2D eigenvalue weighted by Crippen LogP contribution is -1.95. The molecule has 6 heteroatoms. The number of anilines is 1. The van der Waals surface area contributed by atoms with Gasteiger partial charge in [-0.25, -0.2) is 4.98 Å². The van der Waals surface area contributed by atoms with E-state index < -0.39 is 0 Å². The largest absolute Gasteiger partial charge is 0.381 e. The molecule has 0 fully saturated rings. The van der Waals surface area contributed by atoms with E-state index in [9.17, 15) is 0 Å². The fraction of sp³-hybridized carbons (Fsp3) is 0. The maximum Gasteiger partial charge on any atom is 0.192 e. The average Bonchev–Trinajstić information content (AvgIpc) is 2.53. The molecule has 0 saturated heterocycles. The molecule has 2 aromatic rings. The standard InChI is InChI=1S/C7H5ClN4S/c8-5-2-1-4(13-5)7-10-3-6(9)11-12-7/h1-3H,(H2,9,11). The van der Waals surface area contributed by atoms with E-state index in [2.05, 4.69) is 15.2 Å². The van der Waals surface area contributed by atoms with Crippen LogP contribution in [0.15, 0.2) is 18.3 Å². The van der Waals surface area contributed by atoms with E-state index in [-0.39, 0.29) is 0 Å². The highest BCUT2D eigenvalue weighted by molar-refractivity contribution is 7.19. The number of nitrogen functional groups attached to an aromatic ring is 1. The number of thiophene rings is 1. The van der Waals surface area contributed by atoms with E-state index in [4.69, 9.17) is 17.3 Å². The Labute approximate surface area is 83.4 Å². The zero-order valence-corrected chi connectivity index (χ0v) is 8.01. The molecule has 0 unspecified atom stereocenters. The molecular formula is C7H5ClN4S. The summed E-state index contributed by atoms with van der Waals surface area (Å²) >= 11 is 7.17. The smallest absolute Gasteiger partial charge is 0.192 e. The first-order chi connectivity index (χ1) is 6.25. The first-order valence-electron chi connectivity index (χ1n) is 3.46. The summed E-state index contributed by atoms with van der Waals surface area (Å²) in [4.78, 5) is 4.90. The normalized spacial score (nSPS) is 10.2. The molecule has 0 aliphatic carbocycles. The molecule has 0 amide bonds. The third kappa shape index (κ3) is 1.76. The number of hydrogen-bond donors (Lipinski definition) is 1. The van der Waals surface area contributed by atoms with Crippen LogP contribution in [0.3, 0.4) is 0 Å². The molecule has 2 aromatic heterocycles. The van der Waals surface area contributed by atoms with Crippen LogP contribution in [0.5, 0.6) is 0 Å². The van der Waals surface area contributed by atoms with E-state index in [0.717, 1.165) is 4.88 Å². The van der Waals surface area contributed by atoms with Gasteiger partial charge >= 0.3 is 0 Å². The molecule has 2 N–H and O–H groups in total. The molecule has 0 saturated carbocycles. The Hall–Kier alpha value is -1.20. The van der Waals surface area contributed by atoms with Crippen molar-refractivity contribution < 1.29 is 0 Å². The van der Waals surface area contributed by atoms with Gasteiger partial charge in [0.1, 0.15) is 0 Å². The Bertz CT molecular complexity index is 411. The molecule has 4 nitrogen and oxygen atoms in total. The van der Waals surface area contributed by atoms with Gasteiger partial charge < -0.3 is 5.73 Å². The van der Waals surface area contributed by atoms with Crippen molar-refractivity contribution in [2.45, 2.75) is 0 Å². The van der Waals surface area contributed by atoms with Crippen LogP contribution in [-0.4, -0.2) is 15.2 Å². The minimum absolute atomic E-state index is 0.311. The van der Waals surface area contributed by atoms with Crippen molar-refractivity contribution in [3.63, 3.8) is 0 Å². The highest BCUT2D eigenvalue weighted by atomic mass is 35.5. The lowest BCUT2D eigenvalue weighted by molar-refractivity contribution is 0.995. The summed E-state index contributed by atoms with van der Waals surface area (Å²) in [7, 11) is 0. The van der Waals surface area contributed by atoms with Gasteiger partial charge in [0.15, 0.2) is 11.6 Å². The van der Waals surface area contributed by atoms with Gasteiger partial charge in [0.25, 0.3) is 0 Å². The second-order valence-corrected chi connectivity index (χ2v) is 4.03. The van der Waals surface area contributed by atoms with Crippen molar-refractivity contribution in [2.24, 2.45) is 0 Å². The van der Waals surface area contributed by atoms with Gasteiger partial charge in [-0.2, -0.15) is 0 Å². The molecule has 66 valence electrons. The zero-order valence-electron chi connectivity index (χ0n) is 6.44. The molecule has 0 bridgehead atoms. The second kappa shape index (κ2) is 3.27. The van der Waals surface area contributed by atoms with E-state index in [0.29, 0.717) is 16.0 Å². The van der Waals surface area contributed by atoms with Crippen molar-refractivity contribution in [1.29, 1.82) is 0 Å². The molecule has 0 aliphatic rings. The lowest BCUT2D eigenvalue weighted by Gasteiger charge is -1.93. The second-order valence-electron chi connectivity index (χ2n) is 2.31. The van der Waals surface area contributed by atoms with Crippen LogP contribution >= 0.6 is 22.9 Å². The van der Waals surface area contributed by atoms with Crippen LogP contribution in [0.4, 0.5) is 5.82 Å². The van der Waals surface area contributed by atoms with Crippen LogP contribution in [0, 0.1) is 0 Å². The molecule has 13 heavy (non-hydrogen) atoms. The van der Waals surface area contributed by atoms with Crippen molar-refractivity contribution >= 4 is 28.8 Å². The highest BCUT2D eigenvalue weighted by Gasteiger charge is 2.04. The molecule has 2 rings (SSSR count). The van der Waals surface area contributed by atoms with Crippen molar-refractivity contribution in [1.82, 2.24) is 15.2 Å². The number of halogens is 1. The van der Waals surface area contributed by atoms with Gasteiger partial charge in [0.05, 0.1) is 15.4 Å². The first-order valence-corrected chi connectivity index (χ1v) is 4.66. The number of aromatic nitrogens is 3. The maximum atomic E-state index is 5.76. The molecule has 0 spiro atoms. The zero-order chi connectivity index (χ0) is 9.26. The van der Waals surface area contributed by atoms with E-state index in [1.54, 1.807) is 6.07 Å². The van der Waals surface area contributed by atoms with Crippen molar-refractivity contribution in [3.8, 4) is 10.7 Å². The predicted octanol–water partition coefficient (Wildman–Crippen LogP) is 1.84. The van der Waals surface area contributed by atoms with Gasteiger partial charge in [-0.15, -0.1) is 21.5 Å². The predicted molar refractivity (Wildman–Crippen MR) is 52.6 cm³/mol. The molecule has 2 heterocycles. The molecule has 0 radical (unpaired) electrons. The Morgan fingerprint density at radius 2 is 2.15 bits per heavy atom. The van der Waals surface area contributed by atoms with Crippen LogP contribution in [0.1, 0.15) is 0 Å². The van der Waals surface area contributed by atoms with Gasteiger partial charge in [0, 0.05) is 0 Å². The highest BCUT2D eigenvalue weighted by Crippen LogP contribution is 2.27. The average molecular weight is 213 g/mol. The lowest BCUT2D eigenvalue weighted by atomic mass is 10.4. The van der Waals surface area contributed by atoms with Crippen LogP contribution < -0.4 is 5.73 Å². The van der Waals surface area contributed by atoms with Crippen molar-refractivity contribution in [2.75, 3.05) is 5.73 Å². The summed E-state index contributed by atoms with van der Waals surface area (Å²) in [6.45, 7) is 0.